The fraction of sp³-hybridized carbons (Fsp3) is 0.300. The largest absolute Gasteiger partial charge is 0.497 e. The molecule has 3 rings (SSSR count). The molecule has 1 N–H and O–H groups in total. The minimum atomic E-state index is -0.321. The summed E-state index contributed by atoms with van der Waals surface area (Å²) in [7, 11) is 4.60. The highest BCUT2D eigenvalue weighted by Gasteiger charge is 2.25. The number of benzene rings is 2. The van der Waals surface area contributed by atoms with Gasteiger partial charge in [0.2, 0.25) is 5.91 Å². The zero-order valence-electron chi connectivity index (χ0n) is 15.6. The first-order valence-electron chi connectivity index (χ1n) is 8.59. The van der Waals surface area contributed by atoms with Crippen LogP contribution in [0, 0.1) is 0 Å². The van der Waals surface area contributed by atoms with Crippen molar-refractivity contribution >= 4 is 23.2 Å². The fourth-order valence-electron chi connectivity index (χ4n) is 3.07. The van der Waals surface area contributed by atoms with Crippen molar-refractivity contribution in [2.45, 2.75) is 12.8 Å². The molecule has 0 unspecified atom stereocenters. The first-order valence-corrected chi connectivity index (χ1v) is 8.59. The van der Waals surface area contributed by atoms with Crippen LogP contribution in [0.4, 0.5) is 11.4 Å². The Hall–Kier alpha value is -3.22. The molecule has 1 aliphatic heterocycles. The fourth-order valence-corrected chi connectivity index (χ4v) is 3.07. The number of hydrogen-bond acceptors (Lipinski definition) is 5. The smallest absolute Gasteiger partial charge is 0.259 e. The number of anilines is 2. The summed E-state index contributed by atoms with van der Waals surface area (Å²) in [5.41, 5.74) is 1.60. The SMILES string of the molecule is COc1ccc(C(=O)Nc2ccc(OC)c(N3CCCC3=O)c2)c(OC)c1. The number of carbonyl (C=O) groups excluding carboxylic acids is 2. The second-order valence-corrected chi connectivity index (χ2v) is 6.06. The quantitative estimate of drug-likeness (QED) is 0.846. The number of rotatable bonds is 6. The van der Waals surface area contributed by atoms with Crippen molar-refractivity contribution in [1.82, 2.24) is 0 Å². The van der Waals surface area contributed by atoms with Crippen LogP contribution in [0.1, 0.15) is 23.2 Å². The van der Waals surface area contributed by atoms with Gasteiger partial charge in [-0.05, 0) is 36.8 Å². The lowest BCUT2D eigenvalue weighted by atomic mass is 10.1. The molecule has 1 saturated heterocycles. The maximum Gasteiger partial charge on any atom is 0.259 e. The maximum atomic E-state index is 12.7. The van der Waals surface area contributed by atoms with Crippen LogP contribution in [0.5, 0.6) is 17.2 Å². The molecule has 2 amide bonds. The molecule has 0 spiro atoms. The molecule has 0 aliphatic carbocycles. The van der Waals surface area contributed by atoms with Crippen LogP contribution < -0.4 is 24.4 Å². The molecule has 1 fully saturated rings. The Morgan fingerprint density at radius 1 is 1.00 bits per heavy atom. The van der Waals surface area contributed by atoms with Crippen molar-refractivity contribution in [2.24, 2.45) is 0 Å². The van der Waals surface area contributed by atoms with Crippen molar-refractivity contribution in [3.05, 3.63) is 42.0 Å². The number of hydrogen-bond donors (Lipinski definition) is 1. The van der Waals surface area contributed by atoms with E-state index >= 15 is 0 Å². The first kappa shape index (κ1) is 18.6. The molecule has 0 radical (unpaired) electrons. The topological polar surface area (TPSA) is 77.1 Å². The van der Waals surface area contributed by atoms with Crippen molar-refractivity contribution in [3.63, 3.8) is 0 Å². The van der Waals surface area contributed by atoms with Crippen LogP contribution >= 0.6 is 0 Å². The zero-order chi connectivity index (χ0) is 19.4. The molecule has 2 aromatic rings. The zero-order valence-corrected chi connectivity index (χ0v) is 15.6. The lowest BCUT2D eigenvalue weighted by Crippen LogP contribution is -2.24. The number of nitrogens with one attached hydrogen (secondary N) is 1. The van der Waals surface area contributed by atoms with Crippen molar-refractivity contribution in [2.75, 3.05) is 38.1 Å². The van der Waals surface area contributed by atoms with Gasteiger partial charge in [-0.15, -0.1) is 0 Å². The van der Waals surface area contributed by atoms with E-state index in [1.807, 2.05) is 0 Å². The van der Waals surface area contributed by atoms with Crippen LogP contribution in [0.25, 0.3) is 0 Å². The Kier molecular flexibility index (Phi) is 5.49. The lowest BCUT2D eigenvalue weighted by Gasteiger charge is -2.20. The van der Waals surface area contributed by atoms with E-state index in [0.717, 1.165) is 6.42 Å². The van der Waals surface area contributed by atoms with Crippen molar-refractivity contribution in [3.8, 4) is 17.2 Å². The van der Waals surface area contributed by atoms with Gasteiger partial charge in [0.1, 0.15) is 17.2 Å². The molecule has 1 heterocycles. The third kappa shape index (κ3) is 3.81. The highest BCUT2D eigenvalue weighted by atomic mass is 16.5. The maximum absolute atomic E-state index is 12.7. The summed E-state index contributed by atoms with van der Waals surface area (Å²) in [5.74, 6) is 1.33. The number of nitrogens with zero attached hydrogens (tertiary/aromatic N) is 1. The van der Waals surface area contributed by atoms with Gasteiger partial charge in [-0.2, -0.15) is 0 Å². The average Bonchev–Trinajstić information content (AvgIpc) is 3.13. The van der Waals surface area contributed by atoms with Gasteiger partial charge in [0.25, 0.3) is 5.91 Å². The van der Waals surface area contributed by atoms with Gasteiger partial charge in [-0.25, -0.2) is 0 Å². The van der Waals surface area contributed by atoms with Crippen LogP contribution in [0.15, 0.2) is 36.4 Å². The molecule has 142 valence electrons. The van der Waals surface area contributed by atoms with E-state index in [-0.39, 0.29) is 11.8 Å². The third-order valence-electron chi connectivity index (χ3n) is 4.45. The summed E-state index contributed by atoms with van der Waals surface area (Å²) >= 11 is 0. The molecule has 0 aromatic heterocycles. The summed E-state index contributed by atoms with van der Waals surface area (Å²) in [4.78, 5) is 26.5. The summed E-state index contributed by atoms with van der Waals surface area (Å²) in [6.07, 6.45) is 1.32. The van der Waals surface area contributed by atoms with Gasteiger partial charge in [0, 0.05) is 24.7 Å². The molecule has 0 atom stereocenters. The minimum absolute atomic E-state index is 0.0496. The van der Waals surface area contributed by atoms with Crippen LogP contribution in [0.2, 0.25) is 0 Å². The third-order valence-corrected chi connectivity index (χ3v) is 4.45. The van der Waals surface area contributed by atoms with Crippen molar-refractivity contribution < 1.29 is 23.8 Å². The normalized spacial score (nSPS) is 13.4. The number of ether oxygens (including phenoxy) is 3. The standard InChI is InChI=1S/C20H22N2O5/c1-25-14-7-8-15(18(12-14)27-3)20(24)21-13-6-9-17(26-2)16(11-13)22-10-4-5-19(22)23/h6-9,11-12H,4-5,10H2,1-3H3,(H,21,24). The highest BCUT2D eigenvalue weighted by molar-refractivity contribution is 6.07. The summed E-state index contributed by atoms with van der Waals surface area (Å²) in [5, 5.41) is 2.85. The Bertz CT molecular complexity index is 865. The summed E-state index contributed by atoms with van der Waals surface area (Å²) in [6.45, 7) is 0.638. The molecular formula is C20H22N2O5. The number of carbonyl (C=O) groups is 2. The minimum Gasteiger partial charge on any atom is -0.497 e. The predicted octanol–water partition coefficient (Wildman–Crippen LogP) is 3.09. The van der Waals surface area contributed by atoms with Crippen molar-refractivity contribution in [1.29, 1.82) is 0 Å². The first-order chi connectivity index (χ1) is 13.1. The van der Waals surface area contributed by atoms with Gasteiger partial charge in [-0.3, -0.25) is 9.59 Å². The Balaban J connectivity index is 1.87. The van der Waals surface area contributed by atoms with Crippen LogP contribution in [0.3, 0.4) is 0 Å². The summed E-state index contributed by atoms with van der Waals surface area (Å²) < 4.78 is 15.8. The van der Waals surface area contributed by atoms with E-state index in [1.165, 1.54) is 7.11 Å². The molecule has 2 aromatic carbocycles. The van der Waals surface area contributed by atoms with E-state index in [2.05, 4.69) is 5.32 Å². The Morgan fingerprint density at radius 3 is 2.41 bits per heavy atom. The molecule has 1 aliphatic rings. The van der Waals surface area contributed by atoms with Gasteiger partial charge >= 0.3 is 0 Å². The van der Waals surface area contributed by atoms with E-state index in [4.69, 9.17) is 14.2 Å². The molecule has 7 heteroatoms. The van der Waals surface area contributed by atoms with E-state index < -0.39 is 0 Å². The van der Waals surface area contributed by atoms with Crippen LogP contribution in [-0.2, 0) is 4.79 Å². The molecule has 0 saturated carbocycles. The van der Waals surface area contributed by atoms with Crippen LogP contribution in [-0.4, -0.2) is 39.7 Å². The van der Waals surface area contributed by atoms with Gasteiger partial charge in [0.15, 0.2) is 0 Å². The van der Waals surface area contributed by atoms with Gasteiger partial charge in [0.05, 0.1) is 32.6 Å². The van der Waals surface area contributed by atoms with E-state index in [9.17, 15) is 9.59 Å². The average molecular weight is 370 g/mol. The number of methoxy groups -OCH3 is 3. The predicted molar refractivity (Wildman–Crippen MR) is 102 cm³/mol. The Morgan fingerprint density at radius 2 is 1.78 bits per heavy atom. The molecule has 27 heavy (non-hydrogen) atoms. The van der Waals surface area contributed by atoms with E-state index in [0.29, 0.717) is 47.2 Å². The second-order valence-electron chi connectivity index (χ2n) is 6.06. The monoisotopic (exact) mass is 370 g/mol. The van der Waals surface area contributed by atoms with Gasteiger partial charge < -0.3 is 24.4 Å². The Labute approximate surface area is 157 Å². The second kappa shape index (κ2) is 7.99. The van der Waals surface area contributed by atoms with E-state index in [1.54, 1.807) is 55.5 Å². The number of amides is 2. The highest BCUT2D eigenvalue weighted by Crippen LogP contribution is 2.34. The summed E-state index contributed by atoms with van der Waals surface area (Å²) in [6, 6.07) is 10.2. The molecular weight excluding hydrogens is 348 g/mol. The lowest BCUT2D eigenvalue weighted by molar-refractivity contribution is -0.117. The molecule has 7 nitrogen and oxygen atoms in total. The van der Waals surface area contributed by atoms with Gasteiger partial charge in [-0.1, -0.05) is 0 Å². The molecule has 0 bridgehead atoms.